The lowest BCUT2D eigenvalue weighted by atomic mass is 9.49. The van der Waals surface area contributed by atoms with Gasteiger partial charge in [-0.1, -0.05) is 43.2 Å². The topological polar surface area (TPSA) is 37.3 Å². The van der Waals surface area contributed by atoms with Crippen molar-refractivity contribution in [3.05, 3.63) is 53.6 Å². The number of carbonyl (C=O) groups is 1. The Bertz CT molecular complexity index is 1050. The molecule has 2 heteroatoms. The maximum absolute atomic E-state index is 13.8. The summed E-state index contributed by atoms with van der Waals surface area (Å²) in [6.07, 6.45) is 21.5. The number of rotatable bonds is 4. The van der Waals surface area contributed by atoms with Gasteiger partial charge < -0.3 is 5.11 Å². The second kappa shape index (κ2) is 9.40. The van der Waals surface area contributed by atoms with Crippen LogP contribution >= 0.6 is 0 Å². The van der Waals surface area contributed by atoms with Gasteiger partial charge in [-0.25, -0.2) is 0 Å². The normalized spacial score (nSPS) is 41.1. The molecule has 5 rings (SSSR count). The van der Waals surface area contributed by atoms with Crippen LogP contribution in [0.4, 0.5) is 0 Å². The lowest BCUT2D eigenvalue weighted by Crippen LogP contribution is -2.51. The number of hydrogen-bond acceptors (Lipinski definition) is 2. The van der Waals surface area contributed by atoms with Gasteiger partial charge in [-0.15, -0.1) is 6.42 Å². The highest BCUT2D eigenvalue weighted by Crippen LogP contribution is 2.65. The molecule has 4 aliphatic carbocycles. The Morgan fingerprint density at radius 3 is 2.40 bits per heavy atom. The van der Waals surface area contributed by atoms with Crippen molar-refractivity contribution in [2.45, 2.75) is 84.2 Å². The molecule has 35 heavy (non-hydrogen) atoms. The van der Waals surface area contributed by atoms with Crippen LogP contribution in [0.2, 0.25) is 0 Å². The van der Waals surface area contributed by atoms with Gasteiger partial charge in [-0.2, -0.15) is 0 Å². The van der Waals surface area contributed by atoms with Gasteiger partial charge in [0, 0.05) is 11.5 Å². The number of allylic oxidation sites excluding steroid dienone is 4. The monoisotopic (exact) mass is 470 g/mol. The van der Waals surface area contributed by atoms with Crippen molar-refractivity contribution in [3.63, 3.8) is 0 Å². The van der Waals surface area contributed by atoms with Crippen molar-refractivity contribution >= 4 is 11.4 Å². The molecule has 186 valence electrons. The standard InChI is InChI=1S/C33H42O2/c1-5-7-8-22(6-2)23-9-11-24(12-10-23)31(34)30-16-15-29-28-14-13-25-21-32(3,35)19-17-26(25)27(28)18-20-33(29,30)4/h1,6-12,25-30,35H,13-21H2,2-4H3/b8-7-,22-6+/t25-,26-,27+,28+,29-,30+,32+,33-/m0/s1. The average molecular weight is 471 g/mol. The van der Waals surface area contributed by atoms with Crippen LogP contribution in [0.25, 0.3) is 5.57 Å². The molecular formula is C33H42O2. The van der Waals surface area contributed by atoms with Gasteiger partial charge in [0.25, 0.3) is 0 Å². The Hall–Kier alpha value is -2.11. The van der Waals surface area contributed by atoms with E-state index in [1.807, 2.05) is 38.1 Å². The molecule has 0 aromatic heterocycles. The molecule has 1 N–H and O–H groups in total. The molecule has 8 atom stereocenters. The first-order chi connectivity index (χ1) is 16.8. The second-order valence-corrected chi connectivity index (χ2v) is 12.5. The molecule has 0 saturated heterocycles. The van der Waals surface area contributed by atoms with Crippen LogP contribution in [0.1, 0.15) is 94.5 Å². The lowest BCUT2D eigenvalue weighted by molar-refractivity contribution is -0.0976. The second-order valence-electron chi connectivity index (χ2n) is 12.5. The fourth-order valence-corrected chi connectivity index (χ4v) is 9.04. The zero-order valence-corrected chi connectivity index (χ0v) is 21.8. The summed E-state index contributed by atoms with van der Waals surface area (Å²) in [5.74, 6) is 6.82. The molecule has 0 amide bonds. The van der Waals surface area contributed by atoms with Crippen LogP contribution in [0.3, 0.4) is 0 Å². The van der Waals surface area contributed by atoms with Gasteiger partial charge in [-0.3, -0.25) is 4.79 Å². The Labute approximate surface area is 212 Å². The molecule has 0 bridgehead atoms. The number of Topliss-reactive ketones (excluding diaryl/α,β-unsaturated/α-hetero) is 1. The molecule has 1 aromatic carbocycles. The Balaban J connectivity index is 1.31. The summed E-state index contributed by atoms with van der Waals surface area (Å²) in [5, 5.41) is 10.7. The first-order valence-corrected chi connectivity index (χ1v) is 13.9. The van der Waals surface area contributed by atoms with Crippen molar-refractivity contribution in [2.24, 2.45) is 40.9 Å². The highest BCUT2D eigenvalue weighted by Gasteiger charge is 2.58. The number of fused-ring (bicyclic) bond motifs is 5. The number of aliphatic hydroxyl groups is 1. The third-order valence-corrected chi connectivity index (χ3v) is 10.7. The lowest BCUT2D eigenvalue weighted by Gasteiger charge is -2.56. The fraction of sp³-hybridized carbons (Fsp3) is 0.606. The van der Waals surface area contributed by atoms with E-state index in [0.29, 0.717) is 17.6 Å². The predicted octanol–water partition coefficient (Wildman–Crippen LogP) is 7.48. The first kappa shape index (κ1) is 24.6. The van der Waals surface area contributed by atoms with E-state index in [2.05, 4.69) is 25.0 Å². The van der Waals surface area contributed by atoms with Gasteiger partial charge in [0.2, 0.25) is 0 Å². The highest BCUT2D eigenvalue weighted by atomic mass is 16.3. The molecule has 0 unspecified atom stereocenters. The van der Waals surface area contributed by atoms with E-state index in [1.165, 1.54) is 38.5 Å². The molecule has 0 aliphatic heterocycles. The predicted molar refractivity (Wildman–Crippen MR) is 144 cm³/mol. The number of terminal acetylenes is 1. The summed E-state index contributed by atoms with van der Waals surface area (Å²) in [5.41, 5.74) is 2.71. The molecule has 0 heterocycles. The Morgan fingerprint density at radius 2 is 1.69 bits per heavy atom. The molecule has 0 spiro atoms. The van der Waals surface area contributed by atoms with E-state index in [0.717, 1.165) is 53.7 Å². The summed E-state index contributed by atoms with van der Waals surface area (Å²) in [6, 6.07) is 8.17. The molecular weight excluding hydrogens is 428 g/mol. The van der Waals surface area contributed by atoms with Crippen LogP contribution in [-0.2, 0) is 0 Å². The number of benzene rings is 1. The van der Waals surface area contributed by atoms with Gasteiger partial charge in [0.05, 0.1) is 5.60 Å². The van der Waals surface area contributed by atoms with Crippen molar-refractivity contribution < 1.29 is 9.90 Å². The molecule has 2 nitrogen and oxygen atoms in total. The van der Waals surface area contributed by atoms with E-state index in [4.69, 9.17) is 6.42 Å². The van der Waals surface area contributed by atoms with Crippen molar-refractivity contribution in [3.8, 4) is 12.3 Å². The smallest absolute Gasteiger partial charge is 0.166 e. The first-order valence-electron chi connectivity index (χ1n) is 13.9. The number of hydrogen-bond donors (Lipinski definition) is 1. The van der Waals surface area contributed by atoms with Crippen LogP contribution in [0, 0.1) is 53.3 Å². The SMILES string of the molecule is C#C/C=C\C(=C/C)c1ccc(C(=O)[C@H]2CC[C@H]3[C@@H]4CC[C@H]5C[C@](C)(O)CC[C@@H]5[C@H]4CC[C@]23C)cc1. The van der Waals surface area contributed by atoms with E-state index < -0.39 is 5.60 Å². The summed E-state index contributed by atoms with van der Waals surface area (Å²) in [4.78, 5) is 13.8. The fourth-order valence-electron chi connectivity index (χ4n) is 9.04. The van der Waals surface area contributed by atoms with Crippen molar-refractivity contribution in [1.29, 1.82) is 0 Å². The third-order valence-electron chi connectivity index (χ3n) is 10.7. The zero-order chi connectivity index (χ0) is 24.8. The zero-order valence-electron chi connectivity index (χ0n) is 21.8. The van der Waals surface area contributed by atoms with Gasteiger partial charge in [-0.05, 0) is 130 Å². The van der Waals surface area contributed by atoms with Crippen molar-refractivity contribution in [2.75, 3.05) is 0 Å². The molecule has 0 radical (unpaired) electrons. The highest BCUT2D eigenvalue weighted by molar-refractivity contribution is 5.99. The van der Waals surface area contributed by atoms with E-state index in [9.17, 15) is 9.90 Å². The van der Waals surface area contributed by atoms with Crippen LogP contribution in [-0.4, -0.2) is 16.5 Å². The Morgan fingerprint density at radius 1 is 0.971 bits per heavy atom. The maximum Gasteiger partial charge on any atom is 0.166 e. The third kappa shape index (κ3) is 4.35. The summed E-state index contributed by atoms with van der Waals surface area (Å²) >= 11 is 0. The summed E-state index contributed by atoms with van der Waals surface area (Å²) in [7, 11) is 0. The van der Waals surface area contributed by atoms with Gasteiger partial charge >= 0.3 is 0 Å². The van der Waals surface area contributed by atoms with E-state index in [1.54, 1.807) is 6.08 Å². The van der Waals surface area contributed by atoms with Gasteiger partial charge in [0.15, 0.2) is 5.78 Å². The average Bonchev–Trinajstić information content (AvgIpc) is 3.20. The number of ketones is 1. The minimum Gasteiger partial charge on any atom is -0.390 e. The van der Waals surface area contributed by atoms with E-state index in [-0.39, 0.29) is 11.3 Å². The van der Waals surface area contributed by atoms with Crippen LogP contribution < -0.4 is 0 Å². The van der Waals surface area contributed by atoms with Crippen LogP contribution in [0.15, 0.2) is 42.5 Å². The summed E-state index contributed by atoms with van der Waals surface area (Å²) in [6.45, 7) is 6.49. The van der Waals surface area contributed by atoms with Crippen LogP contribution in [0.5, 0.6) is 0 Å². The molecule has 1 aromatic rings. The molecule has 4 aliphatic rings. The molecule has 4 fully saturated rings. The minimum absolute atomic E-state index is 0.133. The Kier molecular flexibility index (Phi) is 6.60. The minimum atomic E-state index is -0.455. The summed E-state index contributed by atoms with van der Waals surface area (Å²) < 4.78 is 0. The number of carbonyl (C=O) groups excluding carboxylic acids is 1. The molecule has 4 saturated carbocycles. The largest absolute Gasteiger partial charge is 0.390 e. The van der Waals surface area contributed by atoms with E-state index >= 15 is 0 Å². The quantitative estimate of drug-likeness (QED) is 0.281. The van der Waals surface area contributed by atoms with Crippen molar-refractivity contribution in [1.82, 2.24) is 0 Å². The maximum atomic E-state index is 13.8. The van der Waals surface area contributed by atoms with Gasteiger partial charge in [0.1, 0.15) is 0 Å².